The first-order valence-corrected chi connectivity index (χ1v) is 6.17. The van der Waals surface area contributed by atoms with E-state index >= 15 is 0 Å². The quantitative estimate of drug-likeness (QED) is 0.862. The molecule has 0 bridgehead atoms. The van der Waals surface area contributed by atoms with Gasteiger partial charge in [-0.3, -0.25) is 0 Å². The van der Waals surface area contributed by atoms with Crippen molar-refractivity contribution in [2.24, 2.45) is 0 Å². The minimum atomic E-state index is -0.148. The molecule has 0 saturated carbocycles. The Bertz CT molecular complexity index is 534. The van der Waals surface area contributed by atoms with Crippen molar-refractivity contribution in [3.8, 4) is 0 Å². The van der Waals surface area contributed by atoms with Crippen molar-refractivity contribution in [2.45, 2.75) is 26.9 Å². The highest BCUT2D eigenvalue weighted by atomic mass is 19.1. The van der Waals surface area contributed by atoms with E-state index in [-0.39, 0.29) is 5.82 Å². The molecule has 2 heteroatoms. The second-order valence-corrected chi connectivity index (χ2v) is 4.61. The first-order valence-electron chi connectivity index (χ1n) is 6.17. The summed E-state index contributed by atoms with van der Waals surface area (Å²) in [5.41, 5.74) is 4.53. The van der Waals surface area contributed by atoms with Gasteiger partial charge >= 0.3 is 0 Å². The Morgan fingerprint density at radius 2 is 1.72 bits per heavy atom. The van der Waals surface area contributed by atoms with E-state index in [0.29, 0.717) is 12.1 Å². The molecular weight excluding hydrogens is 225 g/mol. The van der Waals surface area contributed by atoms with Gasteiger partial charge in [0.05, 0.1) is 0 Å². The summed E-state index contributed by atoms with van der Waals surface area (Å²) in [5.74, 6) is -0.148. The van der Waals surface area contributed by atoms with Gasteiger partial charge in [0, 0.05) is 18.7 Å². The Kier molecular flexibility index (Phi) is 4.11. The summed E-state index contributed by atoms with van der Waals surface area (Å²) in [4.78, 5) is 0. The average molecular weight is 243 g/mol. The SMILES string of the molecule is Cc1ccc(CNCc2ccccc2F)cc1C. The second-order valence-electron chi connectivity index (χ2n) is 4.61. The van der Waals surface area contributed by atoms with Gasteiger partial charge in [-0.2, -0.15) is 0 Å². The van der Waals surface area contributed by atoms with Gasteiger partial charge in [-0.25, -0.2) is 4.39 Å². The van der Waals surface area contributed by atoms with Crippen LogP contribution in [0, 0.1) is 19.7 Å². The molecule has 0 aliphatic rings. The standard InChI is InChI=1S/C16H18FN/c1-12-7-8-14(9-13(12)2)10-18-11-15-5-3-4-6-16(15)17/h3-9,18H,10-11H2,1-2H3. The molecule has 2 aromatic carbocycles. The van der Waals surface area contributed by atoms with Gasteiger partial charge in [0.15, 0.2) is 0 Å². The lowest BCUT2D eigenvalue weighted by atomic mass is 10.1. The van der Waals surface area contributed by atoms with E-state index < -0.39 is 0 Å². The zero-order valence-corrected chi connectivity index (χ0v) is 10.8. The van der Waals surface area contributed by atoms with Crippen LogP contribution in [0.3, 0.4) is 0 Å². The fourth-order valence-corrected chi connectivity index (χ4v) is 1.90. The summed E-state index contributed by atoms with van der Waals surface area (Å²) in [6, 6.07) is 13.3. The van der Waals surface area contributed by atoms with Crippen LogP contribution in [-0.4, -0.2) is 0 Å². The van der Waals surface area contributed by atoms with Gasteiger partial charge in [0.2, 0.25) is 0 Å². The monoisotopic (exact) mass is 243 g/mol. The largest absolute Gasteiger partial charge is 0.309 e. The van der Waals surface area contributed by atoms with E-state index in [1.165, 1.54) is 22.8 Å². The Hall–Kier alpha value is -1.67. The van der Waals surface area contributed by atoms with Crippen LogP contribution in [0.25, 0.3) is 0 Å². The molecule has 0 unspecified atom stereocenters. The third-order valence-corrected chi connectivity index (χ3v) is 3.17. The molecule has 1 nitrogen and oxygen atoms in total. The molecule has 0 heterocycles. The highest BCUT2D eigenvalue weighted by Gasteiger charge is 2.00. The summed E-state index contributed by atoms with van der Waals surface area (Å²) >= 11 is 0. The van der Waals surface area contributed by atoms with Crippen molar-refractivity contribution in [2.75, 3.05) is 0 Å². The Morgan fingerprint density at radius 1 is 0.944 bits per heavy atom. The van der Waals surface area contributed by atoms with Crippen molar-refractivity contribution in [1.82, 2.24) is 5.32 Å². The van der Waals surface area contributed by atoms with Crippen molar-refractivity contribution in [3.63, 3.8) is 0 Å². The molecule has 0 spiro atoms. The van der Waals surface area contributed by atoms with Crippen LogP contribution >= 0.6 is 0 Å². The highest BCUT2D eigenvalue weighted by molar-refractivity contribution is 5.29. The van der Waals surface area contributed by atoms with E-state index in [0.717, 1.165) is 6.54 Å². The van der Waals surface area contributed by atoms with Crippen LogP contribution in [-0.2, 0) is 13.1 Å². The molecule has 0 aromatic heterocycles. The fourth-order valence-electron chi connectivity index (χ4n) is 1.90. The van der Waals surface area contributed by atoms with E-state index in [1.54, 1.807) is 6.07 Å². The summed E-state index contributed by atoms with van der Waals surface area (Å²) in [6.45, 7) is 5.52. The molecule has 0 saturated heterocycles. The first-order chi connectivity index (χ1) is 8.66. The number of aryl methyl sites for hydroxylation is 2. The maximum absolute atomic E-state index is 13.4. The molecule has 2 rings (SSSR count). The number of benzene rings is 2. The molecular formula is C16H18FN. The number of halogens is 1. The van der Waals surface area contributed by atoms with Gasteiger partial charge in [0.1, 0.15) is 5.82 Å². The number of hydrogen-bond acceptors (Lipinski definition) is 1. The van der Waals surface area contributed by atoms with Gasteiger partial charge in [-0.05, 0) is 36.6 Å². The van der Waals surface area contributed by atoms with Crippen molar-refractivity contribution < 1.29 is 4.39 Å². The molecule has 0 aliphatic heterocycles. The molecule has 0 radical (unpaired) electrons. The smallest absolute Gasteiger partial charge is 0.127 e. The molecule has 0 fully saturated rings. The normalized spacial score (nSPS) is 10.6. The van der Waals surface area contributed by atoms with Crippen molar-refractivity contribution >= 4 is 0 Å². The third-order valence-electron chi connectivity index (χ3n) is 3.17. The molecule has 18 heavy (non-hydrogen) atoms. The highest BCUT2D eigenvalue weighted by Crippen LogP contribution is 2.10. The lowest BCUT2D eigenvalue weighted by molar-refractivity contribution is 0.588. The Labute approximate surface area is 108 Å². The average Bonchev–Trinajstić information content (AvgIpc) is 2.36. The summed E-state index contributed by atoms with van der Waals surface area (Å²) in [5, 5.41) is 3.27. The zero-order chi connectivity index (χ0) is 13.0. The Morgan fingerprint density at radius 3 is 2.44 bits per heavy atom. The van der Waals surface area contributed by atoms with Crippen LogP contribution in [0.15, 0.2) is 42.5 Å². The van der Waals surface area contributed by atoms with E-state index in [4.69, 9.17) is 0 Å². The van der Waals surface area contributed by atoms with E-state index in [1.807, 2.05) is 12.1 Å². The van der Waals surface area contributed by atoms with E-state index in [2.05, 4.69) is 37.4 Å². The number of nitrogens with one attached hydrogen (secondary N) is 1. The molecule has 0 amide bonds. The predicted molar refractivity (Wildman–Crippen MR) is 72.9 cm³/mol. The zero-order valence-electron chi connectivity index (χ0n) is 10.8. The minimum absolute atomic E-state index is 0.148. The fraction of sp³-hybridized carbons (Fsp3) is 0.250. The summed E-state index contributed by atoms with van der Waals surface area (Å²) in [6.07, 6.45) is 0. The van der Waals surface area contributed by atoms with Gasteiger partial charge in [0.25, 0.3) is 0 Å². The van der Waals surface area contributed by atoms with Crippen LogP contribution in [0.2, 0.25) is 0 Å². The van der Waals surface area contributed by atoms with Gasteiger partial charge < -0.3 is 5.32 Å². The first kappa shape index (κ1) is 12.8. The molecule has 0 atom stereocenters. The van der Waals surface area contributed by atoms with Crippen LogP contribution in [0.4, 0.5) is 4.39 Å². The minimum Gasteiger partial charge on any atom is -0.309 e. The van der Waals surface area contributed by atoms with Crippen molar-refractivity contribution in [1.29, 1.82) is 0 Å². The molecule has 0 aliphatic carbocycles. The summed E-state index contributed by atoms with van der Waals surface area (Å²) in [7, 11) is 0. The van der Waals surface area contributed by atoms with Crippen LogP contribution in [0.5, 0.6) is 0 Å². The predicted octanol–water partition coefficient (Wildman–Crippen LogP) is 3.73. The molecule has 94 valence electrons. The third kappa shape index (κ3) is 3.17. The van der Waals surface area contributed by atoms with Crippen LogP contribution in [0.1, 0.15) is 22.3 Å². The van der Waals surface area contributed by atoms with Gasteiger partial charge in [-0.15, -0.1) is 0 Å². The second kappa shape index (κ2) is 5.78. The maximum atomic E-state index is 13.4. The van der Waals surface area contributed by atoms with E-state index in [9.17, 15) is 4.39 Å². The maximum Gasteiger partial charge on any atom is 0.127 e. The lowest BCUT2D eigenvalue weighted by Crippen LogP contribution is -2.13. The topological polar surface area (TPSA) is 12.0 Å². The summed E-state index contributed by atoms with van der Waals surface area (Å²) < 4.78 is 13.4. The number of hydrogen-bond donors (Lipinski definition) is 1. The van der Waals surface area contributed by atoms with Crippen molar-refractivity contribution in [3.05, 3.63) is 70.5 Å². The molecule has 1 N–H and O–H groups in total. The molecule has 2 aromatic rings. The van der Waals surface area contributed by atoms with Crippen LogP contribution < -0.4 is 5.32 Å². The van der Waals surface area contributed by atoms with Gasteiger partial charge in [-0.1, -0.05) is 36.4 Å². The lowest BCUT2D eigenvalue weighted by Gasteiger charge is -2.08. The Balaban J connectivity index is 1.92. The number of rotatable bonds is 4.